The van der Waals surface area contributed by atoms with E-state index in [4.69, 9.17) is 0 Å². The van der Waals surface area contributed by atoms with Crippen molar-refractivity contribution in [1.82, 2.24) is 9.59 Å². The van der Waals surface area contributed by atoms with Gasteiger partial charge in [0.15, 0.2) is 5.78 Å². The zero-order valence-corrected chi connectivity index (χ0v) is 10.3. The molecule has 1 aromatic heterocycles. The minimum atomic E-state index is -2.88. The molecule has 1 aromatic carbocycles. The molecule has 0 N–H and O–H groups in total. The van der Waals surface area contributed by atoms with E-state index < -0.39 is 6.61 Å². The summed E-state index contributed by atoms with van der Waals surface area (Å²) in [6.45, 7) is -2.88. The minimum absolute atomic E-state index is 0.0132. The van der Waals surface area contributed by atoms with Gasteiger partial charge in [0.2, 0.25) is 0 Å². The highest BCUT2D eigenvalue weighted by Gasteiger charge is 2.06. The van der Waals surface area contributed by atoms with Gasteiger partial charge in [-0.1, -0.05) is 4.49 Å². The van der Waals surface area contributed by atoms with Crippen LogP contribution in [0.2, 0.25) is 0 Å². The Labute approximate surface area is 111 Å². The molecule has 0 spiro atoms. The monoisotopic (exact) mass is 282 g/mol. The van der Waals surface area contributed by atoms with E-state index in [1.54, 1.807) is 5.38 Å². The first-order valence-electron chi connectivity index (χ1n) is 5.19. The van der Waals surface area contributed by atoms with E-state index in [-0.39, 0.29) is 11.5 Å². The van der Waals surface area contributed by atoms with E-state index in [2.05, 4.69) is 14.3 Å². The molecule has 0 aliphatic heterocycles. The van der Waals surface area contributed by atoms with Gasteiger partial charge in [-0.2, -0.15) is 8.78 Å². The van der Waals surface area contributed by atoms with Crippen LogP contribution in [0.5, 0.6) is 5.75 Å². The van der Waals surface area contributed by atoms with Crippen LogP contribution in [-0.2, 0) is 0 Å². The van der Waals surface area contributed by atoms with Crippen molar-refractivity contribution < 1.29 is 18.3 Å². The third-order valence-electron chi connectivity index (χ3n) is 2.15. The molecule has 0 aliphatic carbocycles. The third-order valence-corrected chi connectivity index (χ3v) is 2.67. The molecule has 0 aliphatic rings. The van der Waals surface area contributed by atoms with Crippen LogP contribution in [0.3, 0.4) is 0 Å². The fourth-order valence-electron chi connectivity index (χ4n) is 1.30. The predicted molar refractivity (Wildman–Crippen MR) is 66.3 cm³/mol. The second-order valence-corrected chi connectivity index (χ2v) is 4.04. The Hall–Kier alpha value is -2.15. The molecular weight excluding hydrogens is 274 g/mol. The fourth-order valence-corrected chi connectivity index (χ4v) is 1.72. The van der Waals surface area contributed by atoms with Crippen LogP contribution in [0.4, 0.5) is 8.78 Å². The summed E-state index contributed by atoms with van der Waals surface area (Å²) in [4.78, 5) is 11.8. The lowest BCUT2D eigenvalue weighted by atomic mass is 10.1. The van der Waals surface area contributed by atoms with Crippen LogP contribution in [0.1, 0.15) is 16.1 Å². The van der Waals surface area contributed by atoms with Crippen molar-refractivity contribution >= 4 is 23.4 Å². The number of ether oxygens (including phenoxy) is 1. The molecule has 0 saturated heterocycles. The summed E-state index contributed by atoms with van der Waals surface area (Å²) in [5.74, 6) is -0.240. The van der Waals surface area contributed by atoms with Gasteiger partial charge >= 0.3 is 6.61 Å². The van der Waals surface area contributed by atoms with Crippen LogP contribution in [0.25, 0.3) is 6.08 Å². The van der Waals surface area contributed by atoms with Gasteiger partial charge in [0.05, 0.1) is 5.69 Å². The van der Waals surface area contributed by atoms with E-state index in [0.29, 0.717) is 11.3 Å². The van der Waals surface area contributed by atoms with Gasteiger partial charge in [0.25, 0.3) is 0 Å². The smallest absolute Gasteiger partial charge is 0.387 e. The predicted octanol–water partition coefficient (Wildman–Crippen LogP) is 3.04. The van der Waals surface area contributed by atoms with Crippen molar-refractivity contribution in [2.45, 2.75) is 6.61 Å². The number of halogens is 2. The first-order chi connectivity index (χ1) is 9.15. The van der Waals surface area contributed by atoms with Crippen molar-refractivity contribution in [3.05, 3.63) is 47.0 Å². The highest BCUT2D eigenvalue weighted by atomic mass is 32.1. The Morgan fingerprint density at radius 2 is 2.05 bits per heavy atom. The molecule has 0 atom stereocenters. The Morgan fingerprint density at radius 3 is 2.63 bits per heavy atom. The summed E-state index contributed by atoms with van der Waals surface area (Å²) < 4.78 is 31.7. The number of hydrogen-bond acceptors (Lipinski definition) is 5. The molecule has 0 fully saturated rings. The van der Waals surface area contributed by atoms with Crippen LogP contribution >= 0.6 is 11.5 Å². The first-order valence-corrected chi connectivity index (χ1v) is 6.03. The lowest BCUT2D eigenvalue weighted by Gasteiger charge is -2.04. The lowest BCUT2D eigenvalue weighted by molar-refractivity contribution is -0.0498. The maximum absolute atomic E-state index is 11.9. The van der Waals surface area contributed by atoms with Gasteiger partial charge in [-0.15, -0.1) is 5.10 Å². The quantitative estimate of drug-likeness (QED) is 0.625. The van der Waals surface area contributed by atoms with Gasteiger partial charge in [-0.05, 0) is 47.9 Å². The van der Waals surface area contributed by atoms with Crippen LogP contribution in [0.15, 0.2) is 35.7 Å². The van der Waals surface area contributed by atoms with Gasteiger partial charge in [-0.25, -0.2) is 0 Å². The molecule has 4 nitrogen and oxygen atoms in total. The van der Waals surface area contributed by atoms with Gasteiger partial charge in [0, 0.05) is 10.9 Å². The summed E-state index contributed by atoms with van der Waals surface area (Å²) in [6, 6.07) is 5.47. The first kappa shape index (κ1) is 13.3. The number of nitrogens with zero attached hydrogens (tertiary/aromatic N) is 2. The molecule has 0 saturated carbocycles. The summed E-state index contributed by atoms with van der Waals surface area (Å²) in [6.07, 6.45) is 2.88. The second kappa shape index (κ2) is 6.14. The molecule has 19 heavy (non-hydrogen) atoms. The number of hydrogen-bond donors (Lipinski definition) is 0. The van der Waals surface area contributed by atoms with E-state index in [1.165, 1.54) is 47.9 Å². The molecule has 2 rings (SSSR count). The fraction of sp³-hybridized carbons (Fsp3) is 0.0833. The van der Waals surface area contributed by atoms with Crippen molar-refractivity contribution in [3.63, 3.8) is 0 Å². The maximum atomic E-state index is 11.9. The van der Waals surface area contributed by atoms with Crippen molar-refractivity contribution in [2.75, 3.05) is 0 Å². The molecule has 1 heterocycles. The number of alkyl halides is 2. The summed E-state index contributed by atoms with van der Waals surface area (Å²) in [5.41, 5.74) is 0.969. The third kappa shape index (κ3) is 3.92. The van der Waals surface area contributed by atoms with Crippen LogP contribution in [-0.4, -0.2) is 22.0 Å². The summed E-state index contributed by atoms with van der Waals surface area (Å²) in [7, 11) is 0. The molecule has 0 amide bonds. The number of benzene rings is 1. The normalized spacial score (nSPS) is 11.1. The number of ketones is 1. The number of carbonyl (C=O) groups is 1. The number of allylic oxidation sites excluding steroid dienone is 1. The standard InChI is InChI=1S/C12H8F2N2O2S/c13-12(14)18-10-4-1-8(2-5-10)11(17)6-3-9-7-19-16-15-9/h1-7,12H/b6-3+. The number of rotatable bonds is 5. The molecule has 98 valence electrons. The highest BCUT2D eigenvalue weighted by molar-refractivity contribution is 7.03. The van der Waals surface area contributed by atoms with Crippen molar-refractivity contribution in [2.24, 2.45) is 0 Å². The summed E-state index contributed by atoms with van der Waals surface area (Å²) in [5, 5.41) is 5.45. The molecule has 2 aromatic rings. The second-order valence-electron chi connectivity index (χ2n) is 3.43. The Bertz CT molecular complexity index is 568. The largest absolute Gasteiger partial charge is 0.435 e. The lowest BCUT2D eigenvalue weighted by Crippen LogP contribution is -2.02. The SMILES string of the molecule is O=C(/C=C/c1csnn1)c1ccc(OC(F)F)cc1. The van der Waals surface area contributed by atoms with E-state index >= 15 is 0 Å². The minimum Gasteiger partial charge on any atom is -0.435 e. The Kier molecular flexibility index (Phi) is 4.30. The molecule has 7 heteroatoms. The zero-order valence-electron chi connectivity index (χ0n) is 9.49. The number of carbonyl (C=O) groups excluding carboxylic acids is 1. The average molecular weight is 282 g/mol. The van der Waals surface area contributed by atoms with Gasteiger partial charge in [0.1, 0.15) is 5.75 Å². The Morgan fingerprint density at radius 1 is 1.32 bits per heavy atom. The van der Waals surface area contributed by atoms with Crippen LogP contribution < -0.4 is 4.74 Å². The maximum Gasteiger partial charge on any atom is 0.387 e. The van der Waals surface area contributed by atoms with E-state index in [9.17, 15) is 13.6 Å². The van der Waals surface area contributed by atoms with Gasteiger partial charge in [-0.3, -0.25) is 4.79 Å². The van der Waals surface area contributed by atoms with Crippen molar-refractivity contribution in [3.8, 4) is 5.75 Å². The highest BCUT2D eigenvalue weighted by Crippen LogP contribution is 2.15. The summed E-state index contributed by atoms with van der Waals surface area (Å²) >= 11 is 1.18. The van der Waals surface area contributed by atoms with Crippen LogP contribution in [0, 0.1) is 0 Å². The van der Waals surface area contributed by atoms with E-state index in [1.807, 2.05) is 0 Å². The number of aromatic nitrogens is 2. The zero-order chi connectivity index (χ0) is 13.7. The van der Waals surface area contributed by atoms with Crippen molar-refractivity contribution in [1.29, 1.82) is 0 Å². The topological polar surface area (TPSA) is 52.1 Å². The molecule has 0 unspecified atom stereocenters. The van der Waals surface area contributed by atoms with E-state index in [0.717, 1.165) is 0 Å². The van der Waals surface area contributed by atoms with Gasteiger partial charge < -0.3 is 4.74 Å². The molecule has 0 radical (unpaired) electrons. The molecule has 0 bridgehead atoms. The molecular formula is C12H8F2N2O2S. The Balaban J connectivity index is 2.03. The average Bonchev–Trinajstić information content (AvgIpc) is 2.89.